The van der Waals surface area contributed by atoms with Crippen LogP contribution in [-0.2, 0) is 0 Å². The molecule has 0 bridgehead atoms. The second-order valence-electron chi connectivity index (χ2n) is 0.493. The van der Waals surface area contributed by atoms with E-state index in [0.717, 1.165) is 0 Å². The van der Waals surface area contributed by atoms with Gasteiger partial charge < -0.3 is 0 Å². The van der Waals surface area contributed by atoms with Crippen LogP contribution in [0.15, 0.2) is 18.4 Å². The molecule has 0 aliphatic carbocycles. The van der Waals surface area contributed by atoms with Gasteiger partial charge in [-0.25, -0.2) is 0 Å². The highest BCUT2D eigenvalue weighted by atomic mass is 24.3. The Hall–Kier alpha value is 0.286. The van der Waals surface area contributed by atoms with Crippen LogP contribution in [0.5, 0.6) is 0 Å². The van der Waals surface area contributed by atoms with Crippen molar-refractivity contribution in [3.05, 3.63) is 18.4 Å². The summed E-state index contributed by atoms with van der Waals surface area (Å²) in [6, 6.07) is 0. The second kappa shape index (κ2) is 8.86. The van der Waals surface area contributed by atoms with Gasteiger partial charge in [-0.05, 0) is 13.0 Å². The van der Waals surface area contributed by atoms with E-state index < -0.39 is 0 Å². The zero-order valence-electron chi connectivity index (χ0n) is 2.78. The minimum atomic E-state index is 0. The monoisotopic (exact) mass is 80.0 g/mol. The SMILES string of the molecule is C=C=CC.[MgH2]. The van der Waals surface area contributed by atoms with Crippen molar-refractivity contribution in [2.75, 3.05) is 0 Å². The maximum absolute atomic E-state index is 3.30. The molecule has 0 heterocycles. The fourth-order valence-electron chi connectivity index (χ4n) is 0. The van der Waals surface area contributed by atoms with E-state index in [-0.39, 0.29) is 23.1 Å². The molecule has 0 N–H and O–H groups in total. The van der Waals surface area contributed by atoms with Crippen LogP contribution in [0.3, 0.4) is 0 Å². The molecule has 0 nitrogen and oxygen atoms in total. The zero-order valence-corrected chi connectivity index (χ0v) is 2.78. The van der Waals surface area contributed by atoms with Gasteiger partial charge in [-0.15, -0.1) is 5.73 Å². The molecular formula is C4H8Mg. The van der Waals surface area contributed by atoms with Crippen molar-refractivity contribution in [2.45, 2.75) is 6.92 Å². The normalized spacial score (nSPS) is 3.40. The lowest BCUT2D eigenvalue weighted by molar-refractivity contribution is 1.78. The predicted molar refractivity (Wildman–Crippen MR) is 27.9 cm³/mol. The molecule has 5 heavy (non-hydrogen) atoms. The third-order valence-electron chi connectivity index (χ3n) is 0.204. The molecule has 0 saturated carbocycles. The number of allylic oxidation sites excluding steroid dienone is 1. The average molecular weight is 80.4 g/mol. The van der Waals surface area contributed by atoms with Crippen LogP contribution >= 0.6 is 0 Å². The minimum absolute atomic E-state index is 0. The van der Waals surface area contributed by atoms with E-state index in [2.05, 4.69) is 12.3 Å². The standard InChI is InChI=1S/C4H6.Mg.2H/c1-3-4-2;;;/h4H,1H2,2H3;;;. The Labute approximate surface area is 48.7 Å². The van der Waals surface area contributed by atoms with Crippen molar-refractivity contribution in [3.63, 3.8) is 0 Å². The molecule has 26 valence electrons. The van der Waals surface area contributed by atoms with Crippen LogP contribution in [0.4, 0.5) is 0 Å². The summed E-state index contributed by atoms with van der Waals surface area (Å²) in [6.07, 6.45) is 1.76. The van der Waals surface area contributed by atoms with Gasteiger partial charge in [-0.3, -0.25) is 0 Å². The highest BCUT2D eigenvalue weighted by Gasteiger charge is 1.24. The fraction of sp³-hybridized carbons (Fsp3) is 0.250. The summed E-state index contributed by atoms with van der Waals surface area (Å²) < 4.78 is 0. The Bertz CT molecular complexity index is 41.6. The van der Waals surface area contributed by atoms with Crippen molar-refractivity contribution >= 4 is 23.1 Å². The molecule has 0 atom stereocenters. The lowest BCUT2D eigenvalue weighted by atomic mass is 10.7. The lowest BCUT2D eigenvalue weighted by Gasteiger charge is -1.37. The first-order valence-electron chi connectivity index (χ1n) is 1.22. The summed E-state index contributed by atoms with van der Waals surface area (Å²) in [4.78, 5) is 0. The van der Waals surface area contributed by atoms with Crippen molar-refractivity contribution < 1.29 is 0 Å². The van der Waals surface area contributed by atoms with Gasteiger partial charge >= 0.3 is 23.1 Å². The maximum Gasteiger partial charge on any atom is 0.316 e. The van der Waals surface area contributed by atoms with Crippen LogP contribution in [0, 0.1) is 0 Å². The second-order valence-corrected chi connectivity index (χ2v) is 0.493. The maximum atomic E-state index is 3.30. The molecule has 0 aromatic carbocycles. The van der Waals surface area contributed by atoms with Crippen molar-refractivity contribution in [1.29, 1.82) is 0 Å². The topological polar surface area (TPSA) is 0 Å². The van der Waals surface area contributed by atoms with E-state index in [4.69, 9.17) is 0 Å². The first-order valence-corrected chi connectivity index (χ1v) is 1.22. The zero-order chi connectivity index (χ0) is 3.41. The summed E-state index contributed by atoms with van der Waals surface area (Å²) >= 11 is 0. The first kappa shape index (κ1) is 8.99. The third kappa shape index (κ3) is 13.5. The molecule has 0 aliphatic heterocycles. The first-order chi connectivity index (χ1) is 1.91. The lowest BCUT2D eigenvalue weighted by Crippen LogP contribution is -1.15. The van der Waals surface area contributed by atoms with Crippen molar-refractivity contribution in [2.24, 2.45) is 0 Å². The van der Waals surface area contributed by atoms with Gasteiger partial charge in [0.05, 0.1) is 0 Å². The average Bonchev–Trinajstić information content (AvgIpc) is 1.37. The fourth-order valence-corrected chi connectivity index (χ4v) is 0. The molecule has 0 aromatic rings. The van der Waals surface area contributed by atoms with Gasteiger partial charge in [0.25, 0.3) is 0 Å². The van der Waals surface area contributed by atoms with Gasteiger partial charge in [0.1, 0.15) is 0 Å². The third-order valence-corrected chi connectivity index (χ3v) is 0.204. The van der Waals surface area contributed by atoms with Gasteiger partial charge in [0, 0.05) is 0 Å². The molecule has 0 spiro atoms. The molecule has 0 unspecified atom stereocenters. The van der Waals surface area contributed by atoms with E-state index >= 15 is 0 Å². The Morgan fingerprint density at radius 2 is 2.00 bits per heavy atom. The molecule has 1 heteroatoms. The van der Waals surface area contributed by atoms with Gasteiger partial charge in [0.2, 0.25) is 0 Å². The molecule has 0 amide bonds. The predicted octanol–water partition coefficient (Wildman–Crippen LogP) is 0.431. The summed E-state index contributed by atoms with van der Waals surface area (Å²) in [5, 5.41) is 0. The molecule has 0 aromatic heterocycles. The van der Waals surface area contributed by atoms with Gasteiger partial charge in [-0.2, -0.15) is 0 Å². The van der Waals surface area contributed by atoms with E-state index in [1.165, 1.54) is 0 Å². The van der Waals surface area contributed by atoms with E-state index in [9.17, 15) is 0 Å². The Morgan fingerprint density at radius 1 is 1.80 bits per heavy atom. The summed E-state index contributed by atoms with van der Waals surface area (Å²) in [6.45, 7) is 5.18. The van der Waals surface area contributed by atoms with Crippen molar-refractivity contribution in [1.82, 2.24) is 0 Å². The van der Waals surface area contributed by atoms with Gasteiger partial charge in [0.15, 0.2) is 0 Å². The Morgan fingerprint density at radius 3 is 2.00 bits per heavy atom. The number of hydrogen-bond acceptors (Lipinski definition) is 0. The van der Waals surface area contributed by atoms with Crippen LogP contribution in [0.1, 0.15) is 6.92 Å². The highest BCUT2D eigenvalue weighted by Crippen LogP contribution is 1.46. The molecule has 0 radical (unpaired) electrons. The van der Waals surface area contributed by atoms with E-state index in [1.54, 1.807) is 6.08 Å². The molecule has 0 fully saturated rings. The summed E-state index contributed by atoms with van der Waals surface area (Å²) in [5.41, 5.74) is 2.56. The number of rotatable bonds is 0. The summed E-state index contributed by atoms with van der Waals surface area (Å²) in [7, 11) is 0. The smallest absolute Gasteiger partial charge is 0.133 e. The molecule has 0 saturated heterocycles. The van der Waals surface area contributed by atoms with Gasteiger partial charge in [-0.1, -0.05) is 6.58 Å². The number of hydrogen-bond donors (Lipinski definition) is 0. The molecular weight excluding hydrogens is 72.3 g/mol. The van der Waals surface area contributed by atoms with E-state index in [1.807, 2.05) is 6.92 Å². The molecule has 0 rings (SSSR count). The van der Waals surface area contributed by atoms with Crippen molar-refractivity contribution in [3.8, 4) is 0 Å². The molecule has 0 aliphatic rings. The summed E-state index contributed by atoms with van der Waals surface area (Å²) in [5.74, 6) is 0. The highest BCUT2D eigenvalue weighted by molar-refractivity contribution is 5.75. The van der Waals surface area contributed by atoms with Crippen LogP contribution < -0.4 is 0 Å². The Balaban J connectivity index is 0. The largest absolute Gasteiger partial charge is 0.316 e. The quantitative estimate of drug-likeness (QED) is 0.292. The van der Waals surface area contributed by atoms with Crippen LogP contribution in [-0.4, -0.2) is 23.1 Å². The van der Waals surface area contributed by atoms with Crippen LogP contribution in [0.25, 0.3) is 0 Å². The Kier molecular flexibility index (Phi) is 15.9. The van der Waals surface area contributed by atoms with E-state index in [0.29, 0.717) is 0 Å². The van der Waals surface area contributed by atoms with Crippen LogP contribution in [0.2, 0.25) is 0 Å². The minimum Gasteiger partial charge on any atom is -0.133 e.